The number of phosphoric ester groups is 2. The number of aliphatic hydroxyl groups is 2. The highest BCUT2D eigenvalue weighted by Gasteiger charge is 2.48. The summed E-state index contributed by atoms with van der Waals surface area (Å²) in [5.74, 6) is -1.65. The molecule has 2 aromatic carbocycles. The van der Waals surface area contributed by atoms with E-state index in [1.54, 1.807) is 0 Å². The van der Waals surface area contributed by atoms with Crippen LogP contribution in [-0.4, -0.2) is 121 Å². The summed E-state index contributed by atoms with van der Waals surface area (Å²) in [6, 6.07) is 11.5. The Morgan fingerprint density at radius 3 is 1.42 bits per heavy atom. The highest BCUT2D eigenvalue weighted by atomic mass is 31.3. The molecule has 0 spiro atoms. The molecule has 1 aliphatic heterocycles. The van der Waals surface area contributed by atoms with Gasteiger partial charge in [-0.05, 0) is 87.5 Å². The van der Waals surface area contributed by atoms with Crippen LogP contribution in [0.4, 0.5) is 0 Å². The number of hydrogen-bond donors (Lipinski definition) is 5. The maximum atomic E-state index is 14.0. The molecule has 1 amide bonds. The van der Waals surface area contributed by atoms with Crippen molar-refractivity contribution in [3.8, 4) is 11.5 Å². The van der Waals surface area contributed by atoms with E-state index < -0.39 is 96.9 Å². The first-order valence-corrected chi connectivity index (χ1v) is 33.5. The molecule has 0 aliphatic carbocycles. The number of amides is 1. The van der Waals surface area contributed by atoms with Crippen LogP contribution in [0.1, 0.15) is 186 Å². The monoisotopic (exact) mass is 1230 g/mol. The summed E-state index contributed by atoms with van der Waals surface area (Å²) in [5.41, 5.74) is 3.92. The van der Waals surface area contributed by atoms with Gasteiger partial charge in [-0.3, -0.25) is 37.3 Å². The number of aliphatic hydroxyl groups excluding tert-OH is 2. The highest BCUT2D eigenvalue weighted by molar-refractivity contribution is 7.67. The maximum absolute atomic E-state index is 14.0. The van der Waals surface area contributed by atoms with Crippen molar-refractivity contribution < 1.29 is 84.5 Å². The predicted octanol–water partition coefficient (Wildman–Crippen LogP) is 10.5. The SMILES string of the molecule is CCCCCCCCCCCCCCC(=O)Oc1ccc(COP(=O)(OCc2ccc(OC(=O)CCCC)cc2)OP(=O)(O)OP(=O)(O)OC[C@H]2O[C@@H](n3ccnc(C(N)=O)c3=O)[C@H](O)[C@@H]2O)cc1.CCN(CC)CC.CCN(CC)CC. The quantitative estimate of drug-likeness (QED) is 0.0153. The van der Waals surface area contributed by atoms with Crippen LogP contribution in [0.15, 0.2) is 65.7 Å². The lowest BCUT2D eigenvalue weighted by Crippen LogP contribution is -2.38. The molecule has 24 nitrogen and oxygen atoms in total. The second-order valence-electron chi connectivity index (χ2n) is 19.5. The molecule has 0 bridgehead atoms. The average Bonchev–Trinajstić information content (AvgIpc) is 3.72. The normalized spacial score (nSPS) is 18.0. The lowest BCUT2D eigenvalue weighted by atomic mass is 10.0. The molecule has 3 unspecified atom stereocenters. The standard InChI is InChI=1S/C44H64N3O19P3.2C6H15N/c1-3-5-7-8-9-10-11-12-13-14-15-16-18-38(49)63-35-25-21-33(22-26-35)30-61-69(58,60-29-32-19-23-34(24-20-32)62-37(48)17-6-4-2)66-68(56,57)65-67(54,55)59-31-36-40(50)41(51)44(64-36)47-28-27-46-39(42(45)52)43(47)53;2*1-4-7(5-2)6-3/h19-28,36,40-41,44,50-51H,3-18,29-31H2,1-2H3,(H2,45,52)(H,54,55)(H,56,57);2*4-6H2,1-3H3/t36-,40-,41-,44-,69?;;/m1../s1. The number of carbonyl (C=O) groups is 3. The minimum absolute atomic E-state index is 0.199. The van der Waals surface area contributed by atoms with Crippen molar-refractivity contribution in [2.45, 2.75) is 196 Å². The Bertz CT molecular complexity index is 2490. The van der Waals surface area contributed by atoms with Gasteiger partial charge in [0.1, 0.15) is 29.8 Å². The van der Waals surface area contributed by atoms with E-state index in [0.717, 1.165) is 38.1 Å². The molecule has 1 aromatic heterocycles. The van der Waals surface area contributed by atoms with Gasteiger partial charge in [0.2, 0.25) is 0 Å². The van der Waals surface area contributed by atoms with E-state index in [-0.39, 0.29) is 35.5 Å². The summed E-state index contributed by atoms with van der Waals surface area (Å²) in [6.45, 7) is 22.1. The topological polar surface area (TPSA) is 325 Å². The first-order valence-electron chi connectivity index (χ1n) is 29.1. The summed E-state index contributed by atoms with van der Waals surface area (Å²) < 4.78 is 81.5. The molecule has 0 radical (unpaired) electrons. The number of unbranched alkanes of at least 4 members (excludes halogenated alkanes) is 12. The van der Waals surface area contributed by atoms with Gasteiger partial charge in [-0.25, -0.2) is 18.7 Å². The lowest BCUT2D eigenvalue weighted by Gasteiger charge is -2.22. The van der Waals surface area contributed by atoms with E-state index in [1.165, 1.54) is 139 Å². The second kappa shape index (κ2) is 41.1. The smallest absolute Gasteiger partial charge is 0.427 e. The molecule has 0 saturated carbocycles. The van der Waals surface area contributed by atoms with Crippen LogP contribution < -0.4 is 20.8 Å². The van der Waals surface area contributed by atoms with Crippen molar-refractivity contribution in [3.05, 3.63) is 88.1 Å². The van der Waals surface area contributed by atoms with E-state index in [2.05, 4.69) is 67.6 Å². The highest BCUT2D eigenvalue weighted by Crippen LogP contribution is 2.69. The number of esters is 2. The van der Waals surface area contributed by atoms with E-state index in [9.17, 15) is 52.9 Å². The maximum Gasteiger partial charge on any atom is 0.490 e. The fraction of sp³-hybridized carbons (Fsp3) is 0.661. The third-order valence-electron chi connectivity index (χ3n) is 13.3. The molecule has 4 rings (SSSR count). The van der Waals surface area contributed by atoms with Gasteiger partial charge < -0.3 is 49.7 Å². The molecular formula is C56H94N5O19P3. The molecule has 7 atom stereocenters. The average molecular weight is 1230 g/mol. The number of rotatable bonds is 39. The molecule has 472 valence electrons. The van der Waals surface area contributed by atoms with Crippen LogP contribution in [-0.2, 0) is 63.4 Å². The van der Waals surface area contributed by atoms with Crippen LogP contribution in [0, 0.1) is 0 Å². The van der Waals surface area contributed by atoms with E-state index in [0.29, 0.717) is 17.4 Å². The van der Waals surface area contributed by atoms with Crippen molar-refractivity contribution in [3.63, 3.8) is 0 Å². The summed E-state index contributed by atoms with van der Waals surface area (Å²) in [4.78, 5) is 78.1. The summed E-state index contributed by atoms with van der Waals surface area (Å²) in [5, 5.41) is 21.1. The largest absolute Gasteiger partial charge is 0.490 e. The number of phosphoric acid groups is 3. The zero-order chi connectivity index (χ0) is 61.9. The minimum Gasteiger partial charge on any atom is -0.427 e. The third-order valence-corrected chi connectivity index (χ3v) is 17.9. The van der Waals surface area contributed by atoms with Crippen molar-refractivity contribution in [1.29, 1.82) is 0 Å². The number of nitrogens with zero attached hydrogens (tertiary/aromatic N) is 4. The molecule has 3 aromatic rings. The van der Waals surface area contributed by atoms with Gasteiger partial charge in [-0.2, -0.15) is 8.62 Å². The molecule has 2 heterocycles. The van der Waals surface area contributed by atoms with E-state index in [4.69, 9.17) is 37.8 Å². The first-order chi connectivity index (χ1) is 39.5. The number of benzene rings is 2. The summed E-state index contributed by atoms with van der Waals surface area (Å²) in [7, 11) is -16.9. The molecule has 1 aliphatic rings. The van der Waals surface area contributed by atoms with Gasteiger partial charge in [0, 0.05) is 25.2 Å². The Morgan fingerprint density at radius 2 is 1.01 bits per heavy atom. The molecule has 83 heavy (non-hydrogen) atoms. The third kappa shape index (κ3) is 30.2. The van der Waals surface area contributed by atoms with Gasteiger partial charge in [0.05, 0.1) is 19.8 Å². The zero-order valence-electron chi connectivity index (χ0n) is 49.9. The summed E-state index contributed by atoms with van der Waals surface area (Å²) in [6.07, 6.45) is 10.6. The molecule has 27 heteroatoms. The number of carbonyl (C=O) groups excluding carboxylic acids is 3. The number of ether oxygens (including phenoxy) is 3. The summed E-state index contributed by atoms with van der Waals surface area (Å²) >= 11 is 0. The van der Waals surface area contributed by atoms with Gasteiger partial charge in [0.25, 0.3) is 11.5 Å². The van der Waals surface area contributed by atoms with Crippen molar-refractivity contribution in [2.24, 2.45) is 5.73 Å². The van der Waals surface area contributed by atoms with E-state index >= 15 is 0 Å². The first kappa shape index (κ1) is 75.0. The predicted molar refractivity (Wildman–Crippen MR) is 314 cm³/mol. The number of hydrogen-bond acceptors (Lipinski definition) is 20. The van der Waals surface area contributed by atoms with Crippen LogP contribution >= 0.6 is 23.5 Å². The Balaban J connectivity index is 0.00000148. The van der Waals surface area contributed by atoms with Crippen molar-refractivity contribution in [1.82, 2.24) is 19.4 Å². The molecular weight excluding hydrogens is 1140 g/mol. The lowest BCUT2D eigenvalue weighted by molar-refractivity contribution is -0.135. The van der Waals surface area contributed by atoms with Gasteiger partial charge in [-0.1, -0.05) is 157 Å². The van der Waals surface area contributed by atoms with Gasteiger partial charge >= 0.3 is 35.4 Å². The number of aromatic nitrogens is 2. The molecule has 1 fully saturated rings. The van der Waals surface area contributed by atoms with Gasteiger partial charge in [0.15, 0.2) is 11.9 Å². The van der Waals surface area contributed by atoms with Crippen LogP contribution in [0.2, 0.25) is 0 Å². The Kier molecular flexibility index (Phi) is 37.2. The minimum atomic E-state index is -5.95. The van der Waals surface area contributed by atoms with E-state index in [1.807, 2.05) is 6.92 Å². The zero-order valence-corrected chi connectivity index (χ0v) is 52.6. The van der Waals surface area contributed by atoms with Crippen molar-refractivity contribution in [2.75, 3.05) is 45.9 Å². The number of nitrogens with two attached hydrogens (primary N) is 1. The van der Waals surface area contributed by atoms with Gasteiger partial charge in [-0.15, -0.1) is 0 Å². The van der Waals surface area contributed by atoms with Crippen LogP contribution in [0.5, 0.6) is 11.5 Å². The molecule has 6 N–H and O–H groups in total. The Labute approximate surface area is 490 Å². The second-order valence-corrected chi connectivity index (χ2v) is 24.4. The Morgan fingerprint density at radius 1 is 0.590 bits per heavy atom. The fourth-order valence-electron chi connectivity index (χ4n) is 8.19. The fourth-order valence-corrected chi connectivity index (χ4v) is 12.2. The van der Waals surface area contributed by atoms with Crippen LogP contribution in [0.3, 0.4) is 0 Å². The van der Waals surface area contributed by atoms with Crippen molar-refractivity contribution >= 4 is 41.3 Å². The molecule has 1 saturated heterocycles. The van der Waals surface area contributed by atoms with Crippen LogP contribution in [0.25, 0.3) is 0 Å². The number of primary amides is 1. The Hall–Kier alpha value is -4.06.